The van der Waals surface area contributed by atoms with Gasteiger partial charge in [-0.1, -0.05) is 6.42 Å². The second-order valence-electron chi connectivity index (χ2n) is 7.15. The quantitative estimate of drug-likeness (QED) is 0.529. The number of benzene rings is 1. The molecule has 1 saturated heterocycles. The van der Waals surface area contributed by atoms with Crippen molar-refractivity contribution in [3.63, 3.8) is 0 Å². The Hall–Kier alpha value is -1.87. The van der Waals surface area contributed by atoms with Crippen LogP contribution in [0.4, 0.5) is 10.1 Å². The molecule has 1 aliphatic carbocycles. The van der Waals surface area contributed by atoms with E-state index in [4.69, 9.17) is 5.73 Å². The van der Waals surface area contributed by atoms with Crippen LogP contribution < -0.4 is 15.4 Å². The predicted molar refractivity (Wildman–Crippen MR) is 106 cm³/mol. The molecule has 2 aliphatic rings. The van der Waals surface area contributed by atoms with Crippen molar-refractivity contribution in [2.75, 3.05) is 49.9 Å². The van der Waals surface area contributed by atoms with Gasteiger partial charge in [0.05, 0.1) is 12.3 Å². The van der Waals surface area contributed by atoms with Gasteiger partial charge in [-0.15, -0.1) is 0 Å². The molecule has 0 bridgehead atoms. The summed E-state index contributed by atoms with van der Waals surface area (Å²) in [6.07, 6.45) is 3.41. The zero-order valence-corrected chi connectivity index (χ0v) is 16.3. The molecule has 0 amide bonds. The van der Waals surface area contributed by atoms with Crippen molar-refractivity contribution < 1.29 is 12.8 Å². The number of guanidine groups is 1. The molecule has 150 valence electrons. The molecule has 1 aromatic carbocycles. The summed E-state index contributed by atoms with van der Waals surface area (Å²) >= 11 is 0. The summed E-state index contributed by atoms with van der Waals surface area (Å²) in [5.74, 6) is 0.579. The van der Waals surface area contributed by atoms with E-state index < -0.39 is 10.0 Å². The average molecular weight is 398 g/mol. The fraction of sp³-hybridized carbons (Fsp3) is 0.611. The molecule has 0 unspecified atom stereocenters. The molecule has 0 atom stereocenters. The lowest BCUT2D eigenvalue weighted by Crippen LogP contribution is -2.51. The first-order valence-corrected chi connectivity index (χ1v) is 11.1. The number of nitrogens with one attached hydrogen (secondary N) is 1. The van der Waals surface area contributed by atoms with Crippen molar-refractivity contribution in [3.05, 3.63) is 30.1 Å². The van der Waals surface area contributed by atoms with Gasteiger partial charge >= 0.3 is 0 Å². The van der Waals surface area contributed by atoms with Gasteiger partial charge in [0.15, 0.2) is 5.96 Å². The van der Waals surface area contributed by atoms with Crippen molar-refractivity contribution in [1.29, 1.82) is 0 Å². The van der Waals surface area contributed by atoms with Gasteiger partial charge < -0.3 is 15.5 Å². The number of hydrogen-bond acceptors (Lipinski definition) is 4. The Morgan fingerprint density at radius 3 is 2.44 bits per heavy atom. The maximum Gasteiger partial charge on any atom is 0.213 e. The van der Waals surface area contributed by atoms with E-state index in [0.717, 1.165) is 31.6 Å². The van der Waals surface area contributed by atoms with Crippen LogP contribution in [-0.2, 0) is 10.0 Å². The summed E-state index contributed by atoms with van der Waals surface area (Å²) in [6.45, 7) is 3.59. The maximum absolute atomic E-state index is 13.0. The van der Waals surface area contributed by atoms with Crippen LogP contribution in [-0.4, -0.2) is 64.3 Å². The van der Waals surface area contributed by atoms with E-state index in [1.807, 2.05) is 4.90 Å². The summed E-state index contributed by atoms with van der Waals surface area (Å²) in [5.41, 5.74) is 7.01. The van der Waals surface area contributed by atoms with Gasteiger partial charge in [-0.3, -0.25) is 4.99 Å². The largest absolute Gasteiger partial charge is 0.370 e. The van der Waals surface area contributed by atoms with E-state index in [-0.39, 0.29) is 18.1 Å². The van der Waals surface area contributed by atoms with Gasteiger partial charge in [-0.2, -0.15) is 0 Å². The summed E-state index contributed by atoms with van der Waals surface area (Å²) in [7, 11) is -3.30. The van der Waals surface area contributed by atoms with Crippen molar-refractivity contribution in [3.8, 4) is 0 Å². The van der Waals surface area contributed by atoms with E-state index in [2.05, 4.69) is 14.6 Å². The van der Waals surface area contributed by atoms with Crippen LogP contribution in [0.1, 0.15) is 19.3 Å². The van der Waals surface area contributed by atoms with Gasteiger partial charge in [0.1, 0.15) is 5.82 Å². The number of nitrogens with zero attached hydrogens (tertiary/aromatic N) is 3. The van der Waals surface area contributed by atoms with E-state index in [9.17, 15) is 12.8 Å². The third-order valence-electron chi connectivity index (χ3n) is 5.25. The van der Waals surface area contributed by atoms with Crippen LogP contribution in [0.15, 0.2) is 29.3 Å². The number of nitrogens with two attached hydrogens (primary N) is 1. The summed E-state index contributed by atoms with van der Waals surface area (Å²) in [6, 6.07) is 6.45. The molecule has 1 aromatic rings. The highest BCUT2D eigenvalue weighted by molar-refractivity contribution is 7.89. The molecule has 0 aromatic heterocycles. The molecule has 3 rings (SSSR count). The number of piperazine rings is 1. The predicted octanol–water partition coefficient (Wildman–Crippen LogP) is 0.982. The molecule has 1 heterocycles. The molecule has 3 N–H and O–H groups in total. The molecule has 2 fully saturated rings. The smallest absolute Gasteiger partial charge is 0.213 e. The number of sulfonamides is 1. The van der Waals surface area contributed by atoms with Crippen molar-refractivity contribution in [1.82, 2.24) is 9.62 Å². The second kappa shape index (κ2) is 8.88. The molecule has 27 heavy (non-hydrogen) atoms. The lowest BCUT2D eigenvalue weighted by molar-refractivity contribution is 0.316. The van der Waals surface area contributed by atoms with E-state index >= 15 is 0 Å². The first kappa shape index (κ1) is 19.9. The summed E-state index contributed by atoms with van der Waals surface area (Å²) in [4.78, 5) is 8.35. The van der Waals surface area contributed by atoms with Crippen molar-refractivity contribution >= 4 is 21.7 Å². The highest BCUT2D eigenvalue weighted by Crippen LogP contribution is 2.25. The average Bonchev–Trinajstić information content (AvgIpc) is 2.61. The van der Waals surface area contributed by atoms with Crippen LogP contribution in [0.25, 0.3) is 0 Å². The zero-order valence-electron chi connectivity index (χ0n) is 15.5. The van der Waals surface area contributed by atoms with Crippen molar-refractivity contribution in [2.24, 2.45) is 16.6 Å². The summed E-state index contributed by atoms with van der Waals surface area (Å²) in [5, 5.41) is 0. The third kappa shape index (κ3) is 5.80. The molecule has 0 spiro atoms. The number of halogens is 1. The standard InChI is InChI=1S/C18H28FN5O2S/c19-16-4-6-17(7-5-16)23-9-11-24(12-10-23)18(20)21-8-13-27(25,26)22-14-15-2-1-3-15/h4-7,15,22H,1-3,8-14H2,(H2,20,21). The second-order valence-corrected chi connectivity index (χ2v) is 9.08. The van der Waals surface area contributed by atoms with Gasteiger partial charge in [0, 0.05) is 38.4 Å². The maximum atomic E-state index is 13.0. The Kier molecular flexibility index (Phi) is 6.54. The van der Waals surface area contributed by atoms with E-state index in [1.54, 1.807) is 12.1 Å². The minimum absolute atomic E-state index is 0.0457. The molecule has 0 radical (unpaired) electrons. The lowest BCUT2D eigenvalue weighted by atomic mass is 9.86. The van der Waals surface area contributed by atoms with E-state index in [1.165, 1.54) is 18.6 Å². The molecule has 7 nitrogen and oxygen atoms in total. The minimum atomic E-state index is -3.30. The number of aliphatic imine (C=N–C) groups is 1. The number of rotatable bonds is 7. The van der Waals surface area contributed by atoms with Crippen LogP contribution in [0.3, 0.4) is 0 Å². The number of anilines is 1. The van der Waals surface area contributed by atoms with Crippen LogP contribution in [0.2, 0.25) is 0 Å². The van der Waals surface area contributed by atoms with Gasteiger partial charge in [0.2, 0.25) is 10.0 Å². The Bertz CT molecular complexity index is 742. The molecular weight excluding hydrogens is 369 g/mol. The summed E-state index contributed by atoms with van der Waals surface area (Å²) < 4.78 is 39.7. The first-order valence-electron chi connectivity index (χ1n) is 9.46. The Morgan fingerprint density at radius 1 is 1.19 bits per heavy atom. The minimum Gasteiger partial charge on any atom is -0.370 e. The molecule has 1 saturated carbocycles. The monoisotopic (exact) mass is 397 g/mol. The lowest BCUT2D eigenvalue weighted by Gasteiger charge is -2.36. The van der Waals surface area contributed by atoms with Crippen LogP contribution in [0, 0.1) is 11.7 Å². The first-order chi connectivity index (χ1) is 12.9. The molecule has 1 aliphatic heterocycles. The number of hydrogen-bond donors (Lipinski definition) is 2. The highest BCUT2D eigenvalue weighted by atomic mass is 32.2. The molecular formula is C18H28FN5O2S. The molecule has 9 heteroatoms. The third-order valence-corrected chi connectivity index (χ3v) is 6.57. The fourth-order valence-electron chi connectivity index (χ4n) is 3.24. The Labute approximate surface area is 160 Å². The van der Waals surface area contributed by atoms with Crippen LogP contribution in [0.5, 0.6) is 0 Å². The van der Waals surface area contributed by atoms with Gasteiger partial charge in [-0.05, 0) is 43.0 Å². The van der Waals surface area contributed by atoms with Crippen molar-refractivity contribution in [2.45, 2.75) is 19.3 Å². The fourth-order valence-corrected chi connectivity index (χ4v) is 4.21. The van der Waals surface area contributed by atoms with Gasteiger partial charge in [-0.25, -0.2) is 17.5 Å². The van der Waals surface area contributed by atoms with E-state index in [0.29, 0.717) is 31.5 Å². The Morgan fingerprint density at radius 2 is 1.85 bits per heavy atom. The highest BCUT2D eigenvalue weighted by Gasteiger charge is 2.21. The SMILES string of the molecule is NC(=NCCS(=O)(=O)NCC1CCC1)N1CCN(c2ccc(F)cc2)CC1. The topological polar surface area (TPSA) is 91.0 Å². The zero-order chi connectivity index (χ0) is 19.3. The Balaban J connectivity index is 1.41. The normalized spacial score (nSPS) is 19.2. The van der Waals surface area contributed by atoms with Gasteiger partial charge in [0.25, 0.3) is 0 Å². The van der Waals surface area contributed by atoms with Crippen LogP contribution >= 0.6 is 0 Å².